The fourth-order valence-corrected chi connectivity index (χ4v) is 1.94. The molecule has 0 saturated carbocycles. The van der Waals surface area contributed by atoms with Crippen molar-refractivity contribution in [3.63, 3.8) is 0 Å². The van der Waals surface area contributed by atoms with Gasteiger partial charge in [0.2, 0.25) is 5.82 Å². The minimum atomic E-state index is -2.15. The lowest BCUT2D eigenvalue weighted by molar-refractivity contribution is 0.378. The van der Waals surface area contributed by atoms with Gasteiger partial charge in [0, 0.05) is 12.1 Å². The quantitative estimate of drug-likeness (QED) is 0.488. The van der Waals surface area contributed by atoms with Crippen LogP contribution >= 0.6 is 0 Å². The van der Waals surface area contributed by atoms with E-state index in [0.29, 0.717) is 19.5 Å². The fraction of sp³-hybridized carbons (Fsp3) is 0.455. The molecule has 18 heavy (non-hydrogen) atoms. The Morgan fingerprint density at radius 3 is 1.89 bits per heavy atom. The maximum Gasteiger partial charge on any atom is 0.200 e. The lowest BCUT2D eigenvalue weighted by Crippen LogP contribution is -2.37. The van der Waals surface area contributed by atoms with Crippen molar-refractivity contribution in [2.75, 3.05) is 18.4 Å². The lowest BCUT2D eigenvalue weighted by Gasteiger charge is -2.26. The van der Waals surface area contributed by atoms with Crippen LogP contribution in [0.1, 0.15) is 13.3 Å². The van der Waals surface area contributed by atoms with Crippen LogP contribution in [0, 0.1) is 29.1 Å². The Hall–Kier alpha value is -1.37. The molecule has 1 unspecified atom stereocenters. The third-order valence-corrected chi connectivity index (χ3v) is 3.01. The van der Waals surface area contributed by atoms with Crippen molar-refractivity contribution in [3.8, 4) is 0 Å². The minimum absolute atomic E-state index is 0.381. The average molecular weight is 266 g/mol. The van der Waals surface area contributed by atoms with Crippen LogP contribution in [0.15, 0.2) is 0 Å². The van der Waals surface area contributed by atoms with E-state index in [9.17, 15) is 22.0 Å². The molecule has 1 aromatic rings. The van der Waals surface area contributed by atoms with Crippen LogP contribution in [0.4, 0.5) is 27.6 Å². The molecule has 2 rings (SSSR count). The number of hydrogen-bond donors (Lipinski definition) is 2. The molecule has 1 fully saturated rings. The third-order valence-electron chi connectivity index (χ3n) is 3.01. The van der Waals surface area contributed by atoms with Crippen molar-refractivity contribution in [2.45, 2.75) is 18.9 Å². The first-order valence-corrected chi connectivity index (χ1v) is 5.36. The molecule has 2 nitrogen and oxygen atoms in total. The Balaban J connectivity index is 2.45. The molecule has 0 aliphatic carbocycles. The van der Waals surface area contributed by atoms with E-state index < -0.39 is 40.3 Å². The van der Waals surface area contributed by atoms with E-state index in [4.69, 9.17) is 0 Å². The Morgan fingerprint density at radius 2 is 1.44 bits per heavy atom. The molecule has 1 heterocycles. The van der Waals surface area contributed by atoms with Crippen molar-refractivity contribution >= 4 is 5.69 Å². The summed E-state index contributed by atoms with van der Waals surface area (Å²) in [7, 11) is 0. The maximum atomic E-state index is 13.4. The molecule has 1 aromatic carbocycles. The molecule has 0 bridgehead atoms. The van der Waals surface area contributed by atoms with Gasteiger partial charge in [0.1, 0.15) is 5.69 Å². The Morgan fingerprint density at radius 1 is 0.944 bits per heavy atom. The van der Waals surface area contributed by atoms with Gasteiger partial charge in [0.25, 0.3) is 0 Å². The van der Waals surface area contributed by atoms with Crippen molar-refractivity contribution in [1.29, 1.82) is 0 Å². The smallest absolute Gasteiger partial charge is 0.200 e. The van der Waals surface area contributed by atoms with Gasteiger partial charge in [-0.2, -0.15) is 0 Å². The average Bonchev–Trinajstić information content (AvgIpc) is 2.77. The van der Waals surface area contributed by atoms with Gasteiger partial charge >= 0.3 is 0 Å². The van der Waals surface area contributed by atoms with Crippen LogP contribution in [-0.2, 0) is 0 Å². The topological polar surface area (TPSA) is 24.1 Å². The summed E-state index contributed by atoms with van der Waals surface area (Å²) >= 11 is 0. The van der Waals surface area contributed by atoms with Crippen LogP contribution in [0.5, 0.6) is 0 Å². The highest BCUT2D eigenvalue weighted by Crippen LogP contribution is 2.30. The van der Waals surface area contributed by atoms with Crippen LogP contribution < -0.4 is 10.6 Å². The lowest BCUT2D eigenvalue weighted by atomic mass is 10.0. The molecule has 2 N–H and O–H groups in total. The second kappa shape index (κ2) is 4.38. The van der Waals surface area contributed by atoms with E-state index in [-0.39, 0.29) is 0 Å². The summed E-state index contributed by atoms with van der Waals surface area (Å²) < 4.78 is 65.7. The summed E-state index contributed by atoms with van der Waals surface area (Å²) in [6, 6.07) is 0. The van der Waals surface area contributed by atoms with Crippen LogP contribution in [-0.4, -0.2) is 18.6 Å². The predicted octanol–water partition coefficient (Wildman–Crippen LogP) is 2.55. The van der Waals surface area contributed by atoms with Crippen LogP contribution in [0.3, 0.4) is 0 Å². The standard InChI is InChI=1S/C11H11F5N2/c1-11(2-3-17-4-11)18-10-8(15)6(13)5(12)7(14)9(10)16/h17-18H,2-4H2,1H3. The maximum absolute atomic E-state index is 13.4. The molecular formula is C11H11F5N2. The van der Waals surface area contributed by atoms with Gasteiger partial charge in [-0.05, 0) is 19.9 Å². The largest absolute Gasteiger partial charge is 0.374 e. The molecule has 7 heteroatoms. The van der Waals surface area contributed by atoms with Gasteiger partial charge in [-0.25, -0.2) is 22.0 Å². The van der Waals surface area contributed by atoms with Crippen molar-refractivity contribution in [1.82, 2.24) is 5.32 Å². The molecule has 0 amide bonds. The number of rotatable bonds is 2. The third kappa shape index (κ3) is 2.03. The van der Waals surface area contributed by atoms with Crippen molar-refractivity contribution in [2.24, 2.45) is 0 Å². The summed E-state index contributed by atoms with van der Waals surface area (Å²) in [6.45, 7) is 2.64. The Labute approximate surface area is 100 Å². The number of nitrogens with one attached hydrogen (secondary N) is 2. The second-order valence-electron chi connectivity index (χ2n) is 4.56. The van der Waals surface area contributed by atoms with E-state index >= 15 is 0 Å². The first-order chi connectivity index (χ1) is 8.36. The summed E-state index contributed by atoms with van der Waals surface area (Å²) in [6.07, 6.45) is 0.520. The summed E-state index contributed by atoms with van der Waals surface area (Å²) in [4.78, 5) is 0. The first-order valence-electron chi connectivity index (χ1n) is 5.36. The zero-order valence-corrected chi connectivity index (χ0v) is 9.51. The van der Waals surface area contributed by atoms with Gasteiger partial charge in [-0.1, -0.05) is 0 Å². The van der Waals surface area contributed by atoms with E-state index in [1.165, 1.54) is 0 Å². The van der Waals surface area contributed by atoms with Gasteiger partial charge in [0.05, 0.1) is 0 Å². The van der Waals surface area contributed by atoms with Crippen molar-refractivity contribution in [3.05, 3.63) is 29.1 Å². The summed E-state index contributed by atoms with van der Waals surface area (Å²) in [5.41, 5.74) is -1.71. The summed E-state index contributed by atoms with van der Waals surface area (Å²) in [5, 5.41) is 5.35. The van der Waals surface area contributed by atoms with Gasteiger partial charge < -0.3 is 10.6 Å². The first kappa shape index (κ1) is 13.1. The molecule has 0 radical (unpaired) electrons. The zero-order chi connectivity index (χ0) is 13.5. The molecule has 1 saturated heterocycles. The number of benzene rings is 1. The fourth-order valence-electron chi connectivity index (χ4n) is 1.94. The zero-order valence-electron chi connectivity index (χ0n) is 9.51. The number of hydrogen-bond acceptors (Lipinski definition) is 2. The molecule has 0 spiro atoms. The van der Waals surface area contributed by atoms with E-state index in [0.717, 1.165) is 0 Å². The molecule has 0 aromatic heterocycles. The molecular weight excluding hydrogens is 255 g/mol. The minimum Gasteiger partial charge on any atom is -0.374 e. The van der Waals surface area contributed by atoms with E-state index in [2.05, 4.69) is 10.6 Å². The summed E-state index contributed by atoms with van der Waals surface area (Å²) in [5.74, 6) is -9.69. The molecule has 1 aliphatic heterocycles. The Kier molecular flexibility index (Phi) is 3.18. The Bertz CT molecular complexity index is 454. The predicted molar refractivity (Wildman–Crippen MR) is 55.7 cm³/mol. The molecule has 1 atom stereocenters. The van der Waals surface area contributed by atoms with E-state index in [1.54, 1.807) is 6.92 Å². The number of halogens is 5. The monoisotopic (exact) mass is 266 g/mol. The highest BCUT2D eigenvalue weighted by Gasteiger charge is 2.33. The van der Waals surface area contributed by atoms with Crippen LogP contribution in [0.2, 0.25) is 0 Å². The van der Waals surface area contributed by atoms with Crippen LogP contribution in [0.25, 0.3) is 0 Å². The highest BCUT2D eigenvalue weighted by molar-refractivity contribution is 5.50. The van der Waals surface area contributed by atoms with Gasteiger partial charge in [-0.15, -0.1) is 0 Å². The van der Waals surface area contributed by atoms with Crippen molar-refractivity contribution < 1.29 is 22.0 Å². The SMILES string of the molecule is CC1(Nc2c(F)c(F)c(F)c(F)c2F)CCNC1. The van der Waals surface area contributed by atoms with Gasteiger partial charge in [0.15, 0.2) is 23.3 Å². The molecule has 100 valence electrons. The normalized spacial score (nSPS) is 23.4. The molecule has 1 aliphatic rings. The van der Waals surface area contributed by atoms with E-state index in [1.807, 2.05) is 0 Å². The van der Waals surface area contributed by atoms with Gasteiger partial charge in [-0.3, -0.25) is 0 Å². The number of anilines is 1. The second-order valence-corrected chi connectivity index (χ2v) is 4.56. The highest BCUT2D eigenvalue weighted by atomic mass is 19.2.